The standard InChI is InChI=1S/C19H29N3/c1-22(12-5-7-16-6-4-11-20-14-16)13-10-17-15-21-19-9-3-2-8-18(17)19/h2-3,8-9,15-16,20-21H,4-7,10-14H2,1H3. The van der Waals surface area contributed by atoms with Crippen molar-refractivity contribution in [3.63, 3.8) is 0 Å². The predicted octanol–water partition coefficient (Wildman–Crippen LogP) is 3.42. The maximum Gasteiger partial charge on any atom is 0.0456 e. The zero-order chi connectivity index (χ0) is 15.2. The number of fused-ring (bicyclic) bond motifs is 1. The lowest BCUT2D eigenvalue weighted by Crippen LogP contribution is -2.30. The molecule has 3 nitrogen and oxygen atoms in total. The minimum absolute atomic E-state index is 0.913. The van der Waals surface area contributed by atoms with Crippen molar-refractivity contribution < 1.29 is 0 Å². The monoisotopic (exact) mass is 299 g/mol. The van der Waals surface area contributed by atoms with E-state index in [0.717, 1.165) is 18.9 Å². The second-order valence-electron chi connectivity index (χ2n) is 6.77. The number of likely N-dealkylation sites (N-methyl/N-ethyl adjacent to an activating group) is 1. The van der Waals surface area contributed by atoms with Crippen molar-refractivity contribution in [3.05, 3.63) is 36.0 Å². The van der Waals surface area contributed by atoms with E-state index in [9.17, 15) is 0 Å². The minimum Gasteiger partial charge on any atom is -0.361 e. The van der Waals surface area contributed by atoms with Crippen molar-refractivity contribution in [2.24, 2.45) is 5.92 Å². The second-order valence-corrected chi connectivity index (χ2v) is 6.77. The smallest absolute Gasteiger partial charge is 0.0456 e. The Kier molecular flexibility index (Phi) is 5.52. The molecule has 2 N–H and O–H groups in total. The first-order chi connectivity index (χ1) is 10.8. The maximum absolute atomic E-state index is 3.52. The van der Waals surface area contributed by atoms with Crippen LogP contribution >= 0.6 is 0 Å². The summed E-state index contributed by atoms with van der Waals surface area (Å²) in [5.74, 6) is 0.913. The Morgan fingerprint density at radius 1 is 1.23 bits per heavy atom. The van der Waals surface area contributed by atoms with E-state index in [4.69, 9.17) is 0 Å². The van der Waals surface area contributed by atoms with Crippen LogP contribution in [0.3, 0.4) is 0 Å². The number of para-hydroxylation sites is 1. The van der Waals surface area contributed by atoms with Crippen LogP contribution in [0.2, 0.25) is 0 Å². The van der Waals surface area contributed by atoms with E-state index in [-0.39, 0.29) is 0 Å². The molecule has 0 radical (unpaired) electrons. The molecule has 120 valence electrons. The van der Waals surface area contributed by atoms with Crippen LogP contribution in [0.4, 0.5) is 0 Å². The Hall–Kier alpha value is -1.32. The fourth-order valence-corrected chi connectivity index (χ4v) is 3.58. The van der Waals surface area contributed by atoms with Gasteiger partial charge in [0, 0.05) is 23.6 Å². The molecule has 0 saturated carbocycles. The van der Waals surface area contributed by atoms with Gasteiger partial charge in [0.1, 0.15) is 0 Å². The van der Waals surface area contributed by atoms with E-state index in [1.165, 1.54) is 61.8 Å². The number of benzene rings is 1. The number of aromatic amines is 1. The molecule has 1 aromatic carbocycles. The largest absolute Gasteiger partial charge is 0.361 e. The van der Waals surface area contributed by atoms with Crippen molar-refractivity contribution in [3.8, 4) is 0 Å². The molecule has 22 heavy (non-hydrogen) atoms. The first kappa shape index (κ1) is 15.6. The molecule has 0 aliphatic carbocycles. The van der Waals surface area contributed by atoms with Crippen LogP contribution in [0, 0.1) is 5.92 Å². The van der Waals surface area contributed by atoms with Gasteiger partial charge in [-0.05, 0) is 76.3 Å². The number of rotatable bonds is 7. The van der Waals surface area contributed by atoms with Crippen LogP contribution in [0.5, 0.6) is 0 Å². The van der Waals surface area contributed by atoms with Gasteiger partial charge in [-0.2, -0.15) is 0 Å². The van der Waals surface area contributed by atoms with E-state index >= 15 is 0 Å². The molecule has 1 aliphatic rings. The average molecular weight is 299 g/mol. The van der Waals surface area contributed by atoms with Gasteiger partial charge < -0.3 is 15.2 Å². The fourth-order valence-electron chi connectivity index (χ4n) is 3.58. The van der Waals surface area contributed by atoms with Gasteiger partial charge in [-0.25, -0.2) is 0 Å². The van der Waals surface area contributed by atoms with Gasteiger partial charge in [0.25, 0.3) is 0 Å². The lowest BCUT2D eigenvalue weighted by Gasteiger charge is -2.24. The number of hydrogen-bond donors (Lipinski definition) is 2. The van der Waals surface area contributed by atoms with Crippen LogP contribution in [-0.4, -0.2) is 43.1 Å². The van der Waals surface area contributed by atoms with E-state index in [1.54, 1.807) is 0 Å². The molecule has 0 spiro atoms. The lowest BCUT2D eigenvalue weighted by molar-refractivity contribution is 0.295. The molecule has 1 atom stereocenters. The molecule has 1 aliphatic heterocycles. The van der Waals surface area contributed by atoms with Gasteiger partial charge in [0.2, 0.25) is 0 Å². The Balaban J connectivity index is 1.39. The maximum atomic E-state index is 3.52. The van der Waals surface area contributed by atoms with Crippen molar-refractivity contribution in [1.29, 1.82) is 0 Å². The quantitative estimate of drug-likeness (QED) is 0.821. The molecule has 2 aromatic rings. The number of nitrogens with one attached hydrogen (secondary N) is 2. The number of hydrogen-bond acceptors (Lipinski definition) is 2. The SMILES string of the molecule is CN(CCCC1CCCNC1)CCc1c[nH]c2ccccc12. The summed E-state index contributed by atoms with van der Waals surface area (Å²) in [6.07, 6.45) is 8.80. The summed E-state index contributed by atoms with van der Waals surface area (Å²) in [4.78, 5) is 5.86. The van der Waals surface area contributed by atoms with E-state index in [0.29, 0.717) is 0 Å². The summed E-state index contributed by atoms with van der Waals surface area (Å²) in [5, 5.41) is 4.90. The Bertz CT molecular complexity index is 569. The summed E-state index contributed by atoms with van der Waals surface area (Å²) in [6.45, 7) is 4.82. The summed E-state index contributed by atoms with van der Waals surface area (Å²) in [7, 11) is 2.26. The zero-order valence-electron chi connectivity index (χ0n) is 13.8. The Morgan fingerprint density at radius 3 is 3.00 bits per heavy atom. The number of piperidine rings is 1. The second kappa shape index (κ2) is 7.80. The van der Waals surface area contributed by atoms with Crippen LogP contribution in [0.15, 0.2) is 30.5 Å². The van der Waals surface area contributed by atoms with Gasteiger partial charge in [0.05, 0.1) is 0 Å². The predicted molar refractivity (Wildman–Crippen MR) is 94.3 cm³/mol. The normalized spacial score (nSPS) is 19.1. The highest BCUT2D eigenvalue weighted by Gasteiger charge is 2.12. The summed E-state index contributed by atoms with van der Waals surface area (Å²) >= 11 is 0. The van der Waals surface area contributed by atoms with Gasteiger partial charge in [0.15, 0.2) is 0 Å². The molecular formula is C19H29N3. The highest BCUT2D eigenvalue weighted by Crippen LogP contribution is 2.19. The lowest BCUT2D eigenvalue weighted by atomic mass is 9.95. The zero-order valence-corrected chi connectivity index (χ0v) is 13.8. The first-order valence-corrected chi connectivity index (χ1v) is 8.77. The molecule has 0 bridgehead atoms. The molecule has 3 heteroatoms. The van der Waals surface area contributed by atoms with Crippen molar-refractivity contribution >= 4 is 10.9 Å². The first-order valence-electron chi connectivity index (χ1n) is 8.77. The van der Waals surface area contributed by atoms with E-state index in [1.807, 2.05) is 0 Å². The average Bonchev–Trinajstić information content (AvgIpc) is 2.97. The van der Waals surface area contributed by atoms with Gasteiger partial charge in [-0.15, -0.1) is 0 Å². The molecule has 2 heterocycles. The van der Waals surface area contributed by atoms with Gasteiger partial charge in [-0.3, -0.25) is 0 Å². The van der Waals surface area contributed by atoms with Crippen molar-refractivity contribution in [1.82, 2.24) is 15.2 Å². The molecular weight excluding hydrogens is 270 g/mol. The fraction of sp³-hybridized carbons (Fsp3) is 0.579. The van der Waals surface area contributed by atoms with Crippen LogP contribution in [0.1, 0.15) is 31.2 Å². The van der Waals surface area contributed by atoms with Gasteiger partial charge >= 0.3 is 0 Å². The summed E-state index contributed by atoms with van der Waals surface area (Å²) in [6, 6.07) is 8.59. The molecule has 0 amide bonds. The molecule has 3 rings (SSSR count). The van der Waals surface area contributed by atoms with Crippen molar-refractivity contribution in [2.45, 2.75) is 32.1 Å². The summed E-state index contributed by atoms with van der Waals surface area (Å²) < 4.78 is 0. The molecule has 1 fully saturated rings. The number of H-pyrrole nitrogens is 1. The topological polar surface area (TPSA) is 31.1 Å². The highest BCUT2D eigenvalue weighted by molar-refractivity contribution is 5.83. The number of nitrogens with zero attached hydrogens (tertiary/aromatic N) is 1. The summed E-state index contributed by atoms with van der Waals surface area (Å²) in [5.41, 5.74) is 2.70. The third-order valence-corrected chi connectivity index (χ3v) is 4.99. The molecule has 1 saturated heterocycles. The van der Waals surface area contributed by atoms with Crippen LogP contribution < -0.4 is 5.32 Å². The number of aromatic nitrogens is 1. The molecule has 1 unspecified atom stereocenters. The molecule has 1 aromatic heterocycles. The van der Waals surface area contributed by atoms with E-state index in [2.05, 4.69) is 52.7 Å². The Morgan fingerprint density at radius 2 is 2.14 bits per heavy atom. The highest BCUT2D eigenvalue weighted by atomic mass is 15.1. The van der Waals surface area contributed by atoms with Crippen LogP contribution in [-0.2, 0) is 6.42 Å². The minimum atomic E-state index is 0.913. The van der Waals surface area contributed by atoms with E-state index < -0.39 is 0 Å². The third kappa shape index (κ3) is 4.11. The third-order valence-electron chi connectivity index (χ3n) is 4.99. The van der Waals surface area contributed by atoms with Crippen LogP contribution in [0.25, 0.3) is 10.9 Å². The van der Waals surface area contributed by atoms with Gasteiger partial charge in [-0.1, -0.05) is 18.2 Å². The Labute approximate surface area is 134 Å². The van der Waals surface area contributed by atoms with Crippen molar-refractivity contribution in [2.75, 3.05) is 33.2 Å².